The number of carbonyl (C=O) groups is 1. The smallest absolute Gasteiger partial charge is 0.335 e. The van der Waals surface area contributed by atoms with Crippen LogP contribution >= 0.6 is 0 Å². The predicted molar refractivity (Wildman–Crippen MR) is 104 cm³/mol. The third-order valence-corrected chi connectivity index (χ3v) is 5.84. The highest BCUT2D eigenvalue weighted by atomic mass is 32.2. The second-order valence-electron chi connectivity index (χ2n) is 7.08. The topological polar surface area (TPSA) is 127 Å². The number of rotatable bonds is 5. The third-order valence-electron chi connectivity index (χ3n) is 4.86. The molecule has 5 N–H and O–H groups in total. The van der Waals surface area contributed by atoms with Gasteiger partial charge in [-0.3, -0.25) is 0 Å². The molecule has 2 aromatic carbocycles. The average molecular weight is 389 g/mol. The van der Waals surface area contributed by atoms with Crippen molar-refractivity contribution in [2.45, 2.75) is 24.7 Å². The predicted octanol–water partition coefficient (Wildman–Crippen LogP) is 2.05. The van der Waals surface area contributed by atoms with Gasteiger partial charge >= 0.3 is 5.97 Å². The molecule has 8 heteroatoms. The van der Waals surface area contributed by atoms with Gasteiger partial charge in [-0.2, -0.15) is 0 Å². The molecule has 2 aromatic rings. The van der Waals surface area contributed by atoms with Gasteiger partial charge in [0.1, 0.15) is 0 Å². The van der Waals surface area contributed by atoms with Crippen molar-refractivity contribution in [3.8, 4) is 0 Å². The highest BCUT2D eigenvalue weighted by Crippen LogP contribution is 2.34. The first-order valence-corrected chi connectivity index (χ1v) is 10.2. The standard InChI is InChI=1S/C19H23N3O4S/c1-12-6-7-22(11-12)17-9-14(19(23)24)10-18(27(21,25)26)16(17)8-13-2-4-15(20)5-3-13/h2-5,9-10,12H,6-8,11,20H2,1H3,(H,23,24)(H2,21,25,26). The van der Waals surface area contributed by atoms with Crippen molar-refractivity contribution in [2.75, 3.05) is 23.7 Å². The van der Waals surface area contributed by atoms with E-state index in [1.165, 1.54) is 0 Å². The number of hydrogen-bond acceptors (Lipinski definition) is 5. The Kier molecular flexibility index (Phi) is 5.12. The van der Waals surface area contributed by atoms with Gasteiger partial charge in [0.05, 0.1) is 10.5 Å². The second kappa shape index (κ2) is 7.21. The summed E-state index contributed by atoms with van der Waals surface area (Å²) in [7, 11) is -4.10. The second-order valence-corrected chi connectivity index (χ2v) is 8.61. The summed E-state index contributed by atoms with van der Waals surface area (Å²) in [5, 5.41) is 14.9. The van der Waals surface area contributed by atoms with Crippen LogP contribution in [-0.2, 0) is 16.4 Å². The number of aromatic carboxylic acids is 1. The molecule has 0 spiro atoms. The summed E-state index contributed by atoms with van der Waals surface area (Å²) in [5.74, 6) is -0.742. The van der Waals surface area contributed by atoms with Gasteiger partial charge in [0.15, 0.2) is 0 Å². The fourth-order valence-corrected chi connectivity index (χ4v) is 4.27. The SMILES string of the molecule is CC1CCN(c2cc(C(=O)O)cc(S(N)(=O)=O)c2Cc2ccc(N)cc2)C1. The Labute approximate surface area is 158 Å². The molecule has 1 fully saturated rings. The first-order valence-electron chi connectivity index (χ1n) is 8.67. The molecular weight excluding hydrogens is 366 g/mol. The van der Waals surface area contributed by atoms with E-state index in [0.717, 1.165) is 31.1 Å². The maximum atomic E-state index is 12.3. The molecule has 0 aromatic heterocycles. The molecule has 3 rings (SSSR count). The van der Waals surface area contributed by atoms with E-state index >= 15 is 0 Å². The number of nitrogen functional groups attached to an aromatic ring is 1. The number of sulfonamides is 1. The van der Waals surface area contributed by atoms with Gasteiger partial charge < -0.3 is 15.7 Å². The minimum absolute atomic E-state index is 0.0883. The fraction of sp³-hybridized carbons (Fsp3) is 0.316. The maximum Gasteiger partial charge on any atom is 0.335 e. The van der Waals surface area contributed by atoms with E-state index in [9.17, 15) is 18.3 Å². The highest BCUT2D eigenvalue weighted by molar-refractivity contribution is 7.89. The number of hydrogen-bond donors (Lipinski definition) is 3. The van der Waals surface area contributed by atoms with Crippen LogP contribution in [0.2, 0.25) is 0 Å². The zero-order valence-electron chi connectivity index (χ0n) is 15.1. The first-order chi connectivity index (χ1) is 12.6. The number of benzene rings is 2. The Balaban J connectivity index is 2.19. The zero-order chi connectivity index (χ0) is 19.8. The van der Waals surface area contributed by atoms with Gasteiger partial charge in [-0.1, -0.05) is 19.1 Å². The first kappa shape index (κ1) is 19.2. The van der Waals surface area contributed by atoms with Crippen LogP contribution in [0.4, 0.5) is 11.4 Å². The lowest BCUT2D eigenvalue weighted by Gasteiger charge is -2.24. The monoisotopic (exact) mass is 389 g/mol. The molecule has 0 aliphatic carbocycles. The van der Waals surface area contributed by atoms with Gasteiger partial charge in [0, 0.05) is 30.9 Å². The number of carboxylic acid groups (broad SMARTS) is 1. The number of nitrogens with two attached hydrogens (primary N) is 2. The quantitative estimate of drug-likeness (QED) is 0.672. The molecule has 0 amide bonds. The Morgan fingerprint density at radius 1 is 1.26 bits per heavy atom. The van der Waals surface area contributed by atoms with E-state index in [0.29, 0.717) is 29.3 Å². The van der Waals surface area contributed by atoms with Crippen molar-refractivity contribution in [3.63, 3.8) is 0 Å². The number of carboxylic acids is 1. The van der Waals surface area contributed by atoms with E-state index in [2.05, 4.69) is 6.92 Å². The molecule has 1 aliphatic rings. The van der Waals surface area contributed by atoms with E-state index < -0.39 is 16.0 Å². The number of anilines is 2. The third kappa shape index (κ3) is 4.23. The lowest BCUT2D eigenvalue weighted by Crippen LogP contribution is -2.24. The van der Waals surface area contributed by atoms with Crippen LogP contribution in [0.1, 0.15) is 34.8 Å². The molecule has 1 unspecified atom stereocenters. The summed E-state index contributed by atoms with van der Waals surface area (Å²) in [6.07, 6.45) is 1.27. The van der Waals surface area contributed by atoms with Crippen LogP contribution in [-0.4, -0.2) is 32.6 Å². The van der Waals surface area contributed by atoms with Crippen molar-refractivity contribution in [2.24, 2.45) is 11.1 Å². The Morgan fingerprint density at radius 2 is 1.93 bits per heavy atom. The van der Waals surface area contributed by atoms with Crippen molar-refractivity contribution >= 4 is 27.4 Å². The minimum atomic E-state index is -4.10. The van der Waals surface area contributed by atoms with Crippen LogP contribution in [0.5, 0.6) is 0 Å². The molecule has 1 heterocycles. The number of nitrogens with zero attached hydrogens (tertiary/aromatic N) is 1. The summed E-state index contributed by atoms with van der Waals surface area (Å²) < 4.78 is 24.5. The van der Waals surface area contributed by atoms with Crippen molar-refractivity contribution in [3.05, 3.63) is 53.1 Å². The summed E-state index contributed by atoms with van der Waals surface area (Å²) in [4.78, 5) is 13.4. The lowest BCUT2D eigenvalue weighted by molar-refractivity contribution is 0.0696. The van der Waals surface area contributed by atoms with Gasteiger partial charge in [0.2, 0.25) is 10.0 Å². The summed E-state index contributed by atoms with van der Waals surface area (Å²) in [5.41, 5.74) is 8.24. The van der Waals surface area contributed by atoms with Crippen molar-refractivity contribution in [1.82, 2.24) is 0 Å². The van der Waals surface area contributed by atoms with Gasteiger partial charge in [-0.05, 0) is 47.7 Å². The molecule has 27 heavy (non-hydrogen) atoms. The Bertz CT molecular complexity index is 971. The average Bonchev–Trinajstić information content (AvgIpc) is 3.02. The van der Waals surface area contributed by atoms with Crippen LogP contribution in [0.3, 0.4) is 0 Å². The van der Waals surface area contributed by atoms with Crippen molar-refractivity contribution < 1.29 is 18.3 Å². The van der Waals surface area contributed by atoms with Crippen LogP contribution < -0.4 is 15.8 Å². The van der Waals surface area contributed by atoms with Crippen molar-refractivity contribution in [1.29, 1.82) is 0 Å². The van der Waals surface area contributed by atoms with Crippen LogP contribution in [0.25, 0.3) is 0 Å². The molecule has 144 valence electrons. The zero-order valence-corrected chi connectivity index (χ0v) is 15.9. The van der Waals surface area contributed by atoms with E-state index in [1.807, 2.05) is 17.0 Å². The normalized spacial score (nSPS) is 17.3. The Hall–Kier alpha value is -2.58. The fourth-order valence-electron chi connectivity index (χ4n) is 3.46. The largest absolute Gasteiger partial charge is 0.478 e. The van der Waals surface area contributed by atoms with E-state index in [-0.39, 0.29) is 10.5 Å². The lowest BCUT2D eigenvalue weighted by atomic mass is 10.00. The molecule has 0 bridgehead atoms. The molecule has 0 radical (unpaired) electrons. The van der Waals surface area contributed by atoms with Gasteiger partial charge in [-0.25, -0.2) is 18.4 Å². The minimum Gasteiger partial charge on any atom is -0.478 e. The van der Waals surface area contributed by atoms with Crippen LogP contribution in [0.15, 0.2) is 41.3 Å². The van der Waals surface area contributed by atoms with E-state index in [4.69, 9.17) is 10.9 Å². The molecule has 0 saturated carbocycles. The molecule has 1 atom stereocenters. The summed E-state index contributed by atoms with van der Waals surface area (Å²) in [6, 6.07) is 9.83. The molecule has 1 aliphatic heterocycles. The number of primary sulfonamides is 1. The molecular formula is C19H23N3O4S. The highest BCUT2D eigenvalue weighted by Gasteiger charge is 2.27. The molecule has 1 saturated heterocycles. The van der Waals surface area contributed by atoms with Gasteiger partial charge in [0.25, 0.3) is 0 Å². The Morgan fingerprint density at radius 3 is 2.44 bits per heavy atom. The molecule has 7 nitrogen and oxygen atoms in total. The van der Waals surface area contributed by atoms with Gasteiger partial charge in [-0.15, -0.1) is 0 Å². The maximum absolute atomic E-state index is 12.3. The summed E-state index contributed by atoms with van der Waals surface area (Å²) in [6.45, 7) is 3.59. The van der Waals surface area contributed by atoms with E-state index in [1.54, 1.807) is 18.2 Å². The van der Waals surface area contributed by atoms with Crippen LogP contribution in [0, 0.1) is 5.92 Å². The summed E-state index contributed by atoms with van der Waals surface area (Å²) >= 11 is 0.